The fourth-order valence-corrected chi connectivity index (χ4v) is 7.33. The van der Waals surface area contributed by atoms with E-state index in [-0.39, 0.29) is 23.9 Å². The van der Waals surface area contributed by atoms with Gasteiger partial charge >= 0.3 is 12.2 Å². The summed E-state index contributed by atoms with van der Waals surface area (Å²) in [4.78, 5) is 69.6. The molecule has 4 atom stereocenters. The molecule has 15 heteroatoms. The van der Waals surface area contributed by atoms with E-state index in [0.717, 1.165) is 52.9 Å². The normalized spacial score (nSPS) is 18.4. The number of nitrogens with one attached hydrogen (secondary N) is 4. The van der Waals surface area contributed by atoms with Crippen molar-refractivity contribution >= 4 is 24.0 Å². The summed E-state index contributed by atoms with van der Waals surface area (Å²) in [6.07, 6.45) is 4.48. The molecule has 0 spiro atoms. The maximum absolute atomic E-state index is 13.6. The number of hydrogen-bond donors (Lipinski definition) is 6. The Morgan fingerprint density at radius 3 is 1.63 bits per heavy atom. The molecule has 0 saturated carbocycles. The number of ether oxygens (including phenoxy) is 1. The van der Waals surface area contributed by atoms with Gasteiger partial charge in [-0.3, -0.25) is 9.59 Å². The molecule has 2 aliphatic rings. The quantitative estimate of drug-likeness (QED) is 0.119. The number of amides is 4. The van der Waals surface area contributed by atoms with Gasteiger partial charge in [0, 0.05) is 13.1 Å². The van der Waals surface area contributed by atoms with Crippen molar-refractivity contribution in [2.24, 2.45) is 5.92 Å². The summed E-state index contributed by atoms with van der Waals surface area (Å²) in [7, 11) is 1.21. The molecular weight excluding hydrogens is 692 g/mol. The maximum Gasteiger partial charge on any atom is 0.407 e. The average molecular weight is 741 g/mol. The predicted molar refractivity (Wildman–Crippen MR) is 200 cm³/mol. The number of rotatable bonds is 11. The van der Waals surface area contributed by atoms with Gasteiger partial charge in [-0.1, -0.05) is 62.4 Å². The molecule has 2 aromatic carbocycles. The fourth-order valence-electron chi connectivity index (χ4n) is 7.33. The van der Waals surface area contributed by atoms with Crippen molar-refractivity contribution in [1.29, 1.82) is 0 Å². The molecule has 15 nitrogen and oxygen atoms in total. The molecule has 1 unspecified atom stereocenters. The first-order valence-corrected chi connectivity index (χ1v) is 18.2. The highest BCUT2D eigenvalue weighted by atomic mass is 16.5. The molecule has 0 bridgehead atoms. The smallest absolute Gasteiger partial charge is 0.407 e. The minimum absolute atomic E-state index is 0.193. The Kier molecular flexibility index (Phi) is 11.1. The molecule has 286 valence electrons. The first-order valence-electron chi connectivity index (χ1n) is 18.2. The third kappa shape index (κ3) is 8.10. The van der Waals surface area contributed by atoms with Crippen LogP contribution in [0.1, 0.15) is 77.1 Å². The summed E-state index contributed by atoms with van der Waals surface area (Å²) < 4.78 is 4.68. The number of imidazole rings is 2. The lowest BCUT2D eigenvalue weighted by atomic mass is 9.97. The Hall–Kier alpha value is -5.70. The second-order valence-electron chi connectivity index (χ2n) is 14.8. The highest BCUT2D eigenvalue weighted by Gasteiger charge is 2.42. The minimum Gasteiger partial charge on any atom is -0.465 e. The number of aromatic nitrogens is 4. The van der Waals surface area contributed by atoms with Crippen LogP contribution in [0, 0.1) is 5.92 Å². The molecule has 0 radical (unpaired) electrons. The van der Waals surface area contributed by atoms with Gasteiger partial charge in [0.15, 0.2) is 0 Å². The van der Waals surface area contributed by atoms with Crippen LogP contribution in [0.3, 0.4) is 0 Å². The SMILES string of the molecule is COC(=O)N[C@H](C(=O)N1CCCC1c1ncc(-c2ccc(-c3ccc(-c4cnc([C@@H]5CCCN5C(=O)[C@@H](NC(=O)O)C(C)C)[nH]4)cc3)cc2)[nH]1)C(C)(C)O. The summed E-state index contributed by atoms with van der Waals surface area (Å²) in [6.45, 7) is 7.60. The lowest BCUT2D eigenvalue weighted by Crippen LogP contribution is -2.58. The Labute approximate surface area is 313 Å². The first-order chi connectivity index (χ1) is 25.7. The molecular formula is C39H48N8O7. The molecule has 0 aliphatic carbocycles. The van der Waals surface area contributed by atoms with Crippen LogP contribution in [0.4, 0.5) is 9.59 Å². The number of aliphatic hydroxyl groups is 1. The van der Waals surface area contributed by atoms with Crippen LogP contribution in [0.25, 0.3) is 33.6 Å². The van der Waals surface area contributed by atoms with Gasteiger partial charge in [0.05, 0.1) is 48.6 Å². The highest BCUT2D eigenvalue weighted by molar-refractivity contribution is 5.88. The van der Waals surface area contributed by atoms with Gasteiger partial charge < -0.3 is 45.4 Å². The predicted octanol–water partition coefficient (Wildman–Crippen LogP) is 5.25. The zero-order valence-electron chi connectivity index (χ0n) is 31.1. The van der Waals surface area contributed by atoms with Crippen molar-refractivity contribution in [3.63, 3.8) is 0 Å². The molecule has 2 fully saturated rings. The molecule has 2 saturated heterocycles. The monoisotopic (exact) mass is 740 g/mol. The fraction of sp³-hybridized carbons (Fsp3) is 0.436. The highest BCUT2D eigenvalue weighted by Crippen LogP contribution is 2.35. The standard InChI is InChI=1S/C39H48N8O7/c1-22(2)31(44-37(50)51)35(48)46-18-6-8-29(46)33-40-20-27(42-33)25-14-10-23(11-15-25)24-12-16-26(17-13-24)28-21-41-34(43-28)30-9-7-19-47(30)36(49)32(39(3,4)53)45-38(52)54-5/h10-17,20-22,29-32,44,53H,6-9,18-19H2,1-5H3,(H,40,42)(H,41,43)(H,45,52)(H,50,51)/t29-,30?,31-,32+/m0/s1. The van der Waals surface area contributed by atoms with E-state index in [2.05, 4.69) is 35.3 Å². The van der Waals surface area contributed by atoms with Gasteiger partial charge in [-0.05, 0) is 67.7 Å². The van der Waals surface area contributed by atoms with E-state index in [1.165, 1.54) is 21.0 Å². The molecule has 4 aromatic rings. The van der Waals surface area contributed by atoms with Crippen LogP contribution in [-0.2, 0) is 14.3 Å². The number of carbonyl (C=O) groups excluding carboxylic acids is 3. The van der Waals surface area contributed by atoms with Gasteiger partial charge in [-0.15, -0.1) is 0 Å². The van der Waals surface area contributed by atoms with Gasteiger partial charge in [-0.2, -0.15) is 0 Å². The van der Waals surface area contributed by atoms with Crippen molar-refractivity contribution < 1.29 is 34.1 Å². The van der Waals surface area contributed by atoms with E-state index in [9.17, 15) is 29.4 Å². The van der Waals surface area contributed by atoms with Crippen molar-refractivity contribution in [3.8, 4) is 33.6 Å². The molecule has 2 aliphatic heterocycles. The molecule has 6 N–H and O–H groups in total. The van der Waals surface area contributed by atoms with E-state index in [1.54, 1.807) is 22.2 Å². The summed E-state index contributed by atoms with van der Waals surface area (Å²) in [6, 6.07) is 13.6. The summed E-state index contributed by atoms with van der Waals surface area (Å²) in [5.41, 5.74) is 4.02. The number of carbonyl (C=O) groups is 4. The minimum atomic E-state index is -1.51. The zero-order chi connectivity index (χ0) is 38.7. The molecule has 6 rings (SSSR count). The number of aromatic amines is 2. The van der Waals surface area contributed by atoms with Gasteiger partial charge in [0.1, 0.15) is 23.7 Å². The van der Waals surface area contributed by atoms with Crippen molar-refractivity contribution in [2.45, 2.75) is 83.1 Å². The molecule has 2 aromatic heterocycles. The lowest BCUT2D eigenvalue weighted by Gasteiger charge is -2.34. The molecule has 4 heterocycles. The van der Waals surface area contributed by atoms with E-state index < -0.39 is 35.8 Å². The zero-order valence-corrected chi connectivity index (χ0v) is 31.1. The van der Waals surface area contributed by atoms with E-state index in [1.807, 2.05) is 62.4 Å². The van der Waals surface area contributed by atoms with Gasteiger partial charge in [-0.25, -0.2) is 19.6 Å². The average Bonchev–Trinajstić information content (AvgIpc) is 3.98. The lowest BCUT2D eigenvalue weighted by molar-refractivity contribution is -0.140. The second-order valence-corrected chi connectivity index (χ2v) is 14.8. The Balaban J connectivity index is 1.11. The third-order valence-electron chi connectivity index (χ3n) is 10.2. The van der Waals surface area contributed by atoms with Gasteiger partial charge in [0.2, 0.25) is 11.8 Å². The summed E-state index contributed by atoms with van der Waals surface area (Å²) in [5.74, 6) is 0.470. The largest absolute Gasteiger partial charge is 0.465 e. The summed E-state index contributed by atoms with van der Waals surface area (Å²) >= 11 is 0. The Morgan fingerprint density at radius 2 is 1.22 bits per heavy atom. The number of carboxylic acid groups (broad SMARTS) is 1. The van der Waals surface area contributed by atoms with Crippen LogP contribution in [0.5, 0.6) is 0 Å². The van der Waals surface area contributed by atoms with Gasteiger partial charge in [0.25, 0.3) is 0 Å². The second kappa shape index (κ2) is 15.7. The van der Waals surface area contributed by atoms with Crippen LogP contribution < -0.4 is 10.6 Å². The number of H-pyrrole nitrogens is 2. The number of likely N-dealkylation sites (tertiary alicyclic amines) is 2. The number of alkyl carbamates (subject to hydrolysis) is 1. The van der Waals surface area contributed by atoms with Crippen molar-refractivity contribution in [3.05, 3.63) is 72.6 Å². The Bertz CT molecular complexity index is 1960. The topological polar surface area (TPSA) is 206 Å². The van der Waals surface area contributed by atoms with Crippen LogP contribution >= 0.6 is 0 Å². The number of nitrogens with zero attached hydrogens (tertiary/aromatic N) is 4. The summed E-state index contributed by atoms with van der Waals surface area (Å²) in [5, 5.41) is 24.8. The van der Waals surface area contributed by atoms with E-state index >= 15 is 0 Å². The number of methoxy groups -OCH3 is 1. The first kappa shape index (κ1) is 38.0. The van der Waals surface area contributed by atoms with E-state index in [0.29, 0.717) is 31.2 Å². The molecule has 54 heavy (non-hydrogen) atoms. The third-order valence-corrected chi connectivity index (χ3v) is 10.2. The van der Waals surface area contributed by atoms with E-state index in [4.69, 9.17) is 0 Å². The number of benzene rings is 2. The number of hydrogen-bond acceptors (Lipinski definition) is 8. The van der Waals surface area contributed by atoms with Crippen LogP contribution in [0.15, 0.2) is 60.9 Å². The molecule has 4 amide bonds. The van der Waals surface area contributed by atoms with Crippen molar-refractivity contribution in [2.75, 3.05) is 20.2 Å². The Morgan fingerprint density at radius 1 is 0.778 bits per heavy atom. The maximum atomic E-state index is 13.6. The van der Waals surface area contributed by atoms with Crippen LogP contribution in [-0.4, -0.2) is 102 Å². The van der Waals surface area contributed by atoms with Crippen molar-refractivity contribution in [1.82, 2.24) is 40.4 Å². The van der Waals surface area contributed by atoms with Crippen LogP contribution in [0.2, 0.25) is 0 Å².